The van der Waals surface area contributed by atoms with Crippen molar-refractivity contribution in [2.45, 2.75) is 39.7 Å². The van der Waals surface area contributed by atoms with Crippen molar-refractivity contribution in [1.29, 1.82) is 0 Å². The van der Waals surface area contributed by atoms with Crippen LogP contribution in [-0.2, 0) is 4.79 Å². The standard InChI is InChI=1S/C20H33N3O3.2ClH/c1-5-23(6-2)11-12-26-19-14-17(7-8-18(19)25-4)22-20(24)16-9-10-21-15(3)13-16;;/h7-8,14-16,21H,5-6,9-13H2,1-4H3,(H,22,24);2*1H/t15-,16-;;/m0../s1. The molecule has 2 rings (SSSR count). The topological polar surface area (TPSA) is 62.8 Å². The molecule has 1 aromatic carbocycles. The Kier molecular flexibility index (Phi) is 13.3. The van der Waals surface area contributed by atoms with Crippen LogP contribution in [0.3, 0.4) is 0 Å². The molecule has 0 radical (unpaired) electrons. The minimum absolute atomic E-state index is 0. The second-order valence-electron chi connectivity index (χ2n) is 6.81. The van der Waals surface area contributed by atoms with Crippen molar-refractivity contribution in [3.8, 4) is 11.5 Å². The number of ether oxygens (including phenoxy) is 2. The third kappa shape index (κ3) is 8.03. The highest BCUT2D eigenvalue weighted by molar-refractivity contribution is 5.93. The van der Waals surface area contributed by atoms with Crippen molar-refractivity contribution in [3.63, 3.8) is 0 Å². The average Bonchev–Trinajstić information content (AvgIpc) is 2.65. The third-order valence-corrected chi connectivity index (χ3v) is 4.99. The van der Waals surface area contributed by atoms with E-state index in [1.54, 1.807) is 7.11 Å². The second kappa shape index (κ2) is 13.9. The Morgan fingerprint density at radius 1 is 1.25 bits per heavy atom. The number of anilines is 1. The van der Waals surface area contributed by atoms with Gasteiger partial charge in [-0.15, -0.1) is 24.8 Å². The summed E-state index contributed by atoms with van der Waals surface area (Å²) in [5.41, 5.74) is 0.750. The molecule has 28 heavy (non-hydrogen) atoms. The predicted molar refractivity (Wildman–Crippen MR) is 120 cm³/mol. The maximum Gasteiger partial charge on any atom is 0.227 e. The molecule has 2 atom stereocenters. The van der Waals surface area contributed by atoms with Gasteiger partial charge in [-0.25, -0.2) is 0 Å². The van der Waals surface area contributed by atoms with Crippen LogP contribution in [-0.4, -0.2) is 56.7 Å². The van der Waals surface area contributed by atoms with Gasteiger partial charge in [0.25, 0.3) is 0 Å². The summed E-state index contributed by atoms with van der Waals surface area (Å²) >= 11 is 0. The molecule has 1 aliphatic heterocycles. The zero-order chi connectivity index (χ0) is 18.9. The summed E-state index contributed by atoms with van der Waals surface area (Å²) in [6, 6.07) is 5.93. The first-order valence-corrected chi connectivity index (χ1v) is 9.64. The number of hydrogen-bond donors (Lipinski definition) is 2. The molecule has 1 heterocycles. The van der Waals surface area contributed by atoms with Crippen LogP contribution in [0.1, 0.15) is 33.6 Å². The third-order valence-electron chi connectivity index (χ3n) is 4.99. The van der Waals surface area contributed by atoms with Gasteiger partial charge < -0.3 is 25.0 Å². The fraction of sp³-hybridized carbons (Fsp3) is 0.650. The highest BCUT2D eigenvalue weighted by Crippen LogP contribution is 2.31. The van der Waals surface area contributed by atoms with Crippen molar-refractivity contribution in [2.75, 3.05) is 45.2 Å². The van der Waals surface area contributed by atoms with E-state index in [-0.39, 0.29) is 36.6 Å². The predicted octanol–water partition coefficient (Wildman–Crippen LogP) is 3.59. The molecule has 0 spiro atoms. The molecule has 1 fully saturated rings. The van der Waals surface area contributed by atoms with E-state index >= 15 is 0 Å². The number of methoxy groups -OCH3 is 1. The Labute approximate surface area is 181 Å². The molecule has 1 saturated heterocycles. The highest BCUT2D eigenvalue weighted by atomic mass is 35.5. The van der Waals surface area contributed by atoms with Crippen LogP contribution in [0.15, 0.2) is 18.2 Å². The molecule has 0 aliphatic carbocycles. The second-order valence-corrected chi connectivity index (χ2v) is 6.81. The van der Waals surface area contributed by atoms with Gasteiger partial charge in [0.15, 0.2) is 11.5 Å². The van der Waals surface area contributed by atoms with E-state index < -0.39 is 0 Å². The number of rotatable bonds is 9. The van der Waals surface area contributed by atoms with Crippen LogP contribution in [0, 0.1) is 5.92 Å². The average molecular weight is 436 g/mol. The molecule has 0 bridgehead atoms. The number of benzene rings is 1. The van der Waals surface area contributed by atoms with Gasteiger partial charge in [0.2, 0.25) is 5.91 Å². The summed E-state index contributed by atoms with van der Waals surface area (Å²) in [6.07, 6.45) is 1.74. The molecule has 0 aromatic heterocycles. The quantitative estimate of drug-likeness (QED) is 0.620. The maximum absolute atomic E-state index is 12.5. The van der Waals surface area contributed by atoms with Gasteiger partial charge >= 0.3 is 0 Å². The van der Waals surface area contributed by atoms with Crippen LogP contribution < -0.4 is 20.1 Å². The Morgan fingerprint density at radius 3 is 2.57 bits per heavy atom. The molecule has 6 nitrogen and oxygen atoms in total. The van der Waals surface area contributed by atoms with Crippen molar-refractivity contribution in [2.24, 2.45) is 5.92 Å². The van der Waals surface area contributed by atoms with E-state index in [9.17, 15) is 4.79 Å². The number of likely N-dealkylation sites (N-methyl/N-ethyl adjacent to an activating group) is 1. The molecule has 0 unspecified atom stereocenters. The first kappa shape index (κ1) is 26.8. The minimum atomic E-state index is 0. The summed E-state index contributed by atoms with van der Waals surface area (Å²) in [5, 5.41) is 6.41. The maximum atomic E-state index is 12.5. The van der Waals surface area contributed by atoms with Crippen LogP contribution >= 0.6 is 24.8 Å². The van der Waals surface area contributed by atoms with Crippen molar-refractivity contribution in [3.05, 3.63) is 18.2 Å². The minimum Gasteiger partial charge on any atom is -0.493 e. The van der Waals surface area contributed by atoms with Gasteiger partial charge in [-0.05, 0) is 51.5 Å². The largest absolute Gasteiger partial charge is 0.493 e. The van der Waals surface area contributed by atoms with Crippen molar-refractivity contribution in [1.82, 2.24) is 10.2 Å². The normalized spacial score (nSPS) is 18.6. The van der Waals surface area contributed by atoms with E-state index in [4.69, 9.17) is 9.47 Å². The van der Waals surface area contributed by atoms with E-state index in [0.717, 1.165) is 44.7 Å². The Bertz CT molecular complexity index is 586. The zero-order valence-corrected chi connectivity index (χ0v) is 19.0. The molecule has 1 aliphatic rings. The lowest BCUT2D eigenvalue weighted by Crippen LogP contribution is -2.40. The van der Waals surface area contributed by atoms with Gasteiger partial charge in [-0.3, -0.25) is 4.79 Å². The van der Waals surface area contributed by atoms with E-state index in [0.29, 0.717) is 24.1 Å². The van der Waals surface area contributed by atoms with E-state index in [2.05, 4.69) is 36.3 Å². The first-order valence-electron chi connectivity index (χ1n) is 9.64. The molecule has 8 heteroatoms. The summed E-state index contributed by atoms with van der Waals surface area (Å²) in [4.78, 5) is 14.8. The number of amides is 1. The summed E-state index contributed by atoms with van der Waals surface area (Å²) in [5.74, 6) is 1.48. The number of hydrogen-bond acceptors (Lipinski definition) is 5. The fourth-order valence-electron chi connectivity index (χ4n) is 3.31. The number of halogens is 2. The Balaban J connectivity index is 0.00000364. The van der Waals surface area contributed by atoms with Crippen molar-refractivity contribution < 1.29 is 14.3 Å². The van der Waals surface area contributed by atoms with Gasteiger partial charge in [-0.1, -0.05) is 13.8 Å². The molecular weight excluding hydrogens is 401 g/mol. The SMILES string of the molecule is CCN(CC)CCOc1cc(NC(=O)[C@H]2CCN[C@@H](C)C2)ccc1OC.Cl.Cl. The van der Waals surface area contributed by atoms with Gasteiger partial charge in [0, 0.05) is 30.3 Å². The van der Waals surface area contributed by atoms with Crippen LogP contribution in [0.4, 0.5) is 5.69 Å². The van der Waals surface area contributed by atoms with Crippen LogP contribution in [0.5, 0.6) is 11.5 Å². The molecular formula is C20H35Cl2N3O3. The number of piperidine rings is 1. The fourth-order valence-corrected chi connectivity index (χ4v) is 3.31. The number of nitrogens with one attached hydrogen (secondary N) is 2. The summed E-state index contributed by atoms with van der Waals surface area (Å²) in [6.45, 7) is 10.7. The van der Waals surface area contributed by atoms with E-state index in [1.807, 2.05) is 18.2 Å². The molecule has 162 valence electrons. The number of carbonyl (C=O) groups excluding carboxylic acids is 1. The Hall–Kier alpha value is -1.21. The molecule has 0 saturated carbocycles. The van der Waals surface area contributed by atoms with Gasteiger partial charge in [-0.2, -0.15) is 0 Å². The van der Waals surface area contributed by atoms with Gasteiger partial charge in [0.1, 0.15) is 6.61 Å². The van der Waals surface area contributed by atoms with Crippen LogP contribution in [0.2, 0.25) is 0 Å². The van der Waals surface area contributed by atoms with Crippen molar-refractivity contribution >= 4 is 36.4 Å². The summed E-state index contributed by atoms with van der Waals surface area (Å²) in [7, 11) is 1.63. The summed E-state index contributed by atoms with van der Waals surface area (Å²) < 4.78 is 11.3. The molecule has 1 aromatic rings. The lowest BCUT2D eigenvalue weighted by atomic mass is 9.92. The lowest BCUT2D eigenvalue weighted by molar-refractivity contribution is -0.120. The number of nitrogens with zero attached hydrogens (tertiary/aromatic N) is 1. The monoisotopic (exact) mass is 435 g/mol. The molecule has 1 amide bonds. The van der Waals surface area contributed by atoms with E-state index in [1.165, 1.54) is 0 Å². The lowest BCUT2D eigenvalue weighted by Gasteiger charge is -2.27. The smallest absolute Gasteiger partial charge is 0.227 e. The zero-order valence-electron chi connectivity index (χ0n) is 17.3. The number of carbonyl (C=O) groups is 1. The highest BCUT2D eigenvalue weighted by Gasteiger charge is 2.24. The molecule has 2 N–H and O–H groups in total. The first-order chi connectivity index (χ1) is 12.6. The Morgan fingerprint density at radius 2 is 1.96 bits per heavy atom. The van der Waals surface area contributed by atoms with Gasteiger partial charge in [0.05, 0.1) is 7.11 Å². The van der Waals surface area contributed by atoms with Crippen LogP contribution in [0.25, 0.3) is 0 Å².